The number of para-hydroxylation sites is 1. The maximum atomic E-state index is 6.20. The van der Waals surface area contributed by atoms with Crippen LogP contribution in [0.4, 0.5) is 0 Å². The maximum Gasteiger partial charge on any atom is 0.212 e. The molecule has 2 aromatic carbocycles. The van der Waals surface area contributed by atoms with E-state index in [1.165, 1.54) is 10.9 Å². The molecule has 0 saturated heterocycles. The number of pyridine rings is 1. The molecule has 112 valence electrons. The summed E-state index contributed by atoms with van der Waals surface area (Å²) in [5.41, 5.74) is 3.17. The van der Waals surface area contributed by atoms with Crippen LogP contribution >= 0.6 is 23.2 Å². The van der Waals surface area contributed by atoms with Crippen LogP contribution in [0.5, 0.6) is 0 Å². The predicted octanol–water partition coefficient (Wildman–Crippen LogP) is 2.15. The lowest BCUT2D eigenvalue weighted by molar-refractivity contribution is -0.644. The molecule has 0 fully saturated rings. The highest BCUT2D eigenvalue weighted by Gasteiger charge is 2.07. The number of halogens is 3. The summed E-state index contributed by atoms with van der Waals surface area (Å²) in [6.07, 6.45) is 6.07. The van der Waals surface area contributed by atoms with Gasteiger partial charge in [0.25, 0.3) is 0 Å². The molecule has 0 radical (unpaired) electrons. The minimum atomic E-state index is 0. The normalized spacial score (nSPS) is 10.9. The highest BCUT2D eigenvalue weighted by molar-refractivity contribution is 6.37. The molecule has 0 atom stereocenters. The van der Waals surface area contributed by atoms with E-state index in [0.717, 1.165) is 11.1 Å². The molecule has 0 N–H and O–H groups in total. The van der Waals surface area contributed by atoms with Crippen molar-refractivity contribution in [3.05, 3.63) is 75.9 Å². The molecule has 4 heteroatoms. The smallest absolute Gasteiger partial charge is 0.212 e. The van der Waals surface area contributed by atoms with E-state index in [1.807, 2.05) is 43.5 Å². The fourth-order valence-corrected chi connectivity index (χ4v) is 2.90. The van der Waals surface area contributed by atoms with Crippen molar-refractivity contribution in [2.24, 2.45) is 7.05 Å². The Bertz CT molecular complexity index is 823. The van der Waals surface area contributed by atoms with Crippen LogP contribution in [0.25, 0.3) is 23.1 Å². The minimum Gasteiger partial charge on any atom is -1.00 e. The van der Waals surface area contributed by atoms with Crippen molar-refractivity contribution in [1.82, 2.24) is 0 Å². The van der Waals surface area contributed by atoms with Crippen LogP contribution in [0, 0.1) is 0 Å². The zero-order valence-electron chi connectivity index (χ0n) is 11.9. The number of benzene rings is 2. The first-order valence-electron chi connectivity index (χ1n) is 6.66. The second-order valence-corrected chi connectivity index (χ2v) is 5.68. The first kappa shape index (κ1) is 17.3. The molecule has 0 saturated carbocycles. The molecular formula is C18H14Cl2IN. The monoisotopic (exact) mass is 441 g/mol. The highest BCUT2D eigenvalue weighted by atomic mass is 127. The van der Waals surface area contributed by atoms with Gasteiger partial charge in [0.1, 0.15) is 7.05 Å². The van der Waals surface area contributed by atoms with Crippen molar-refractivity contribution in [3.8, 4) is 0 Å². The van der Waals surface area contributed by atoms with Crippen molar-refractivity contribution in [3.63, 3.8) is 0 Å². The summed E-state index contributed by atoms with van der Waals surface area (Å²) in [6, 6.07) is 15.9. The molecule has 0 aliphatic carbocycles. The van der Waals surface area contributed by atoms with E-state index in [1.54, 1.807) is 0 Å². The summed E-state index contributed by atoms with van der Waals surface area (Å²) in [7, 11) is 2.04. The molecule has 1 nitrogen and oxygen atoms in total. The SMILES string of the molecule is C[n+]1ccc(C=Cc2c(Cl)cccc2Cl)c2ccccc21.[I-]. The number of hydrogen-bond acceptors (Lipinski definition) is 0. The van der Waals surface area contributed by atoms with Crippen LogP contribution in [-0.2, 0) is 7.05 Å². The van der Waals surface area contributed by atoms with E-state index >= 15 is 0 Å². The van der Waals surface area contributed by atoms with E-state index in [4.69, 9.17) is 23.2 Å². The van der Waals surface area contributed by atoms with Crippen LogP contribution in [0.15, 0.2) is 54.7 Å². The van der Waals surface area contributed by atoms with E-state index in [2.05, 4.69) is 35.0 Å². The number of aryl methyl sites for hydroxylation is 1. The van der Waals surface area contributed by atoms with E-state index in [-0.39, 0.29) is 24.0 Å². The number of fused-ring (bicyclic) bond motifs is 1. The molecule has 22 heavy (non-hydrogen) atoms. The molecule has 0 aliphatic rings. The first-order valence-corrected chi connectivity index (χ1v) is 7.42. The quantitative estimate of drug-likeness (QED) is 0.423. The zero-order chi connectivity index (χ0) is 14.8. The summed E-state index contributed by atoms with van der Waals surface area (Å²) in [4.78, 5) is 0. The van der Waals surface area contributed by atoms with Gasteiger partial charge in [0.05, 0.1) is 5.39 Å². The van der Waals surface area contributed by atoms with Gasteiger partial charge in [-0.3, -0.25) is 0 Å². The second-order valence-electron chi connectivity index (χ2n) is 4.87. The Balaban J connectivity index is 0.00000176. The summed E-state index contributed by atoms with van der Waals surface area (Å²) in [6.45, 7) is 0. The number of hydrogen-bond donors (Lipinski definition) is 0. The Morgan fingerprint density at radius 3 is 2.27 bits per heavy atom. The average molecular weight is 442 g/mol. The fourth-order valence-electron chi connectivity index (χ4n) is 2.38. The van der Waals surface area contributed by atoms with Gasteiger partial charge in [0.2, 0.25) is 5.52 Å². The standard InChI is InChI=1S/C18H14Cl2N.HI/c1-21-12-11-13(14-5-2-3-8-18(14)21)9-10-15-16(19)6-4-7-17(15)20;/h2-12H,1H3;1H/q+1;/p-1. The lowest BCUT2D eigenvalue weighted by atomic mass is 10.1. The maximum absolute atomic E-state index is 6.20. The Labute approximate surface area is 157 Å². The summed E-state index contributed by atoms with van der Waals surface area (Å²) in [5, 5.41) is 2.51. The third-order valence-electron chi connectivity index (χ3n) is 3.50. The molecule has 3 rings (SSSR count). The number of nitrogens with zero attached hydrogens (tertiary/aromatic N) is 1. The lowest BCUT2D eigenvalue weighted by Gasteiger charge is -2.03. The average Bonchev–Trinajstić information content (AvgIpc) is 2.49. The molecule has 3 aromatic rings. The van der Waals surface area contributed by atoms with Gasteiger partial charge in [-0.2, -0.15) is 0 Å². The van der Waals surface area contributed by atoms with Crippen LogP contribution < -0.4 is 28.5 Å². The van der Waals surface area contributed by atoms with E-state index in [0.29, 0.717) is 10.0 Å². The third kappa shape index (κ3) is 3.45. The van der Waals surface area contributed by atoms with Gasteiger partial charge in [0.15, 0.2) is 6.20 Å². The second kappa shape index (κ2) is 7.44. The van der Waals surface area contributed by atoms with Gasteiger partial charge in [-0.15, -0.1) is 0 Å². The third-order valence-corrected chi connectivity index (χ3v) is 4.16. The topological polar surface area (TPSA) is 3.88 Å². The molecular weight excluding hydrogens is 428 g/mol. The van der Waals surface area contributed by atoms with Gasteiger partial charge in [-0.1, -0.05) is 53.6 Å². The zero-order valence-corrected chi connectivity index (χ0v) is 15.6. The minimum absolute atomic E-state index is 0. The van der Waals surface area contributed by atoms with Gasteiger partial charge >= 0.3 is 0 Å². The van der Waals surface area contributed by atoms with Gasteiger partial charge < -0.3 is 24.0 Å². The Morgan fingerprint density at radius 1 is 0.864 bits per heavy atom. The van der Waals surface area contributed by atoms with Crippen molar-refractivity contribution in [2.45, 2.75) is 0 Å². The van der Waals surface area contributed by atoms with Crippen molar-refractivity contribution in [1.29, 1.82) is 0 Å². The molecule has 0 amide bonds. The lowest BCUT2D eigenvalue weighted by Crippen LogP contribution is -3.00. The summed E-state index contributed by atoms with van der Waals surface area (Å²) >= 11 is 12.4. The Hall–Kier alpha value is -1.10. The molecule has 0 unspecified atom stereocenters. The first-order chi connectivity index (χ1) is 10.2. The van der Waals surface area contributed by atoms with Gasteiger partial charge in [-0.05, 0) is 23.8 Å². The van der Waals surface area contributed by atoms with E-state index in [9.17, 15) is 0 Å². The van der Waals surface area contributed by atoms with Crippen LogP contribution in [-0.4, -0.2) is 0 Å². The molecule has 1 heterocycles. The molecule has 1 aromatic heterocycles. The van der Waals surface area contributed by atoms with E-state index < -0.39 is 0 Å². The fraction of sp³-hybridized carbons (Fsp3) is 0.0556. The summed E-state index contributed by atoms with van der Waals surface area (Å²) in [5.74, 6) is 0. The Kier molecular flexibility index (Phi) is 5.84. The van der Waals surface area contributed by atoms with Crippen molar-refractivity contribution < 1.29 is 28.5 Å². The number of aromatic nitrogens is 1. The molecule has 0 spiro atoms. The van der Waals surface area contributed by atoms with Crippen LogP contribution in [0.3, 0.4) is 0 Å². The van der Waals surface area contributed by atoms with Gasteiger partial charge in [-0.25, -0.2) is 4.57 Å². The number of rotatable bonds is 2. The van der Waals surface area contributed by atoms with Crippen LogP contribution in [0.2, 0.25) is 10.0 Å². The molecule has 0 bridgehead atoms. The largest absolute Gasteiger partial charge is 1.00 e. The molecule has 0 aliphatic heterocycles. The highest BCUT2D eigenvalue weighted by Crippen LogP contribution is 2.27. The van der Waals surface area contributed by atoms with Gasteiger partial charge in [0, 0.05) is 27.7 Å². The van der Waals surface area contributed by atoms with Crippen LogP contribution in [0.1, 0.15) is 11.1 Å². The Morgan fingerprint density at radius 2 is 1.55 bits per heavy atom. The van der Waals surface area contributed by atoms with Crippen molar-refractivity contribution in [2.75, 3.05) is 0 Å². The van der Waals surface area contributed by atoms with Crippen molar-refractivity contribution >= 4 is 46.3 Å². The summed E-state index contributed by atoms with van der Waals surface area (Å²) < 4.78 is 2.11. The predicted molar refractivity (Wildman–Crippen MR) is 90.5 cm³/mol.